The number of carbonyl (C=O) groups excluding carboxylic acids is 1. The minimum Gasteiger partial charge on any atom is -0.339 e. The maximum atomic E-state index is 12.5. The molecule has 0 fully saturated rings. The summed E-state index contributed by atoms with van der Waals surface area (Å²) >= 11 is 4.27. The van der Waals surface area contributed by atoms with Gasteiger partial charge in [0, 0.05) is 18.7 Å². The van der Waals surface area contributed by atoms with Crippen LogP contribution in [0.2, 0.25) is 0 Å². The third-order valence-electron chi connectivity index (χ3n) is 3.92. The molecule has 0 radical (unpaired) electrons. The van der Waals surface area contributed by atoms with Gasteiger partial charge < -0.3 is 4.90 Å². The van der Waals surface area contributed by atoms with Crippen LogP contribution >= 0.6 is 12.6 Å². The molecule has 2 nitrogen and oxygen atoms in total. The number of amides is 1. The fourth-order valence-corrected chi connectivity index (χ4v) is 3.07. The lowest BCUT2D eigenvalue weighted by Gasteiger charge is -2.22. The number of benzene rings is 1. The summed E-state index contributed by atoms with van der Waals surface area (Å²) in [6, 6.07) is 8.04. The highest BCUT2D eigenvalue weighted by Crippen LogP contribution is 2.19. The van der Waals surface area contributed by atoms with Crippen molar-refractivity contribution in [2.24, 2.45) is 5.92 Å². The molecule has 0 bridgehead atoms. The molecule has 1 aromatic carbocycles. The molecule has 0 aliphatic carbocycles. The van der Waals surface area contributed by atoms with E-state index >= 15 is 0 Å². The van der Waals surface area contributed by atoms with Gasteiger partial charge in [0.1, 0.15) is 0 Å². The second kappa shape index (κ2) is 6.99. The topological polar surface area (TPSA) is 20.3 Å². The van der Waals surface area contributed by atoms with Crippen molar-refractivity contribution in [2.45, 2.75) is 32.6 Å². The Morgan fingerprint density at radius 1 is 1.32 bits per heavy atom. The molecule has 1 atom stereocenters. The standard InChI is InChI=1S/C16H23NOS/c1-13(9-12-19)8-11-17-10-4-6-14-5-2-3-7-15(14)16(17)18/h2-3,5,7,13,19H,4,6,8-12H2,1H3. The first-order valence-corrected chi connectivity index (χ1v) is 7.83. The van der Waals surface area contributed by atoms with Gasteiger partial charge >= 0.3 is 0 Å². The van der Waals surface area contributed by atoms with Crippen molar-refractivity contribution >= 4 is 18.5 Å². The van der Waals surface area contributed by atoms with E-state index in [-0.39, 0.29) is 5.91 Å². The third kappa shape index (κ3) is 3.75. The molecule has 104 valence electrons. The van der Waals surface area contributed by atoms with Crippen molar-refractivity contribution in [3.05, 3.63) is 35.4 Å². The summed E-state index contributed by atoms with van der Waals surface area (Å²) in [5.41, 5.74) is 2.11. The van der Waals surface area contributed by atoms with Gasteiger partial charge in [0.05, 0.1) is 0 Å². The summed E-state index contributed by atoms with van der Waals surface area (Å²) in [7, 11) is 0. The number of nitrogens with zero attached hydrogens (tertiary/aromatic N) is 1. The predicted molar refractivity (Wildman–Crippen MR) is 82.9 cm³/mol. The average molecular weight is 277 g/mol. The number of aryl methyl sites for hydroxylation is 1. The lowest BCUT2D eigenvalue weighted by atomic mass is 10.0. The van der Waals surface area contributed by atoms with E-state index in [0.717, 1.165) is 50.1 Å². The van der Waals surface area contributed by atoms with E-state index in [4.69, 9.17) is 0 Å². The molecule has 1 heterocycles. The van der Waals surface area contributed by atoms with E-state index < -0.39 is 0 Å². The molecular weight excluding hydrogens is 254 g/mol. The van der Waals surface area contributed by atoms with Gasteiger partial charge in [-0.05, 0) is 49.0 Å². The molecule has 3 heteroatoms. The molecule has 0 saturated heterocycles. The van der Waals surface area contributed by atoms with E-state index in [1.165, 1.54) is 5.56 Å². The molecule has 0 saturated carbocycles. The number of fused-ring (bicyclic) bond motifs is 1. The normalized spacial score (nSPS) is 16.9. The molecule has 0 aromatic heterocycles. The summed E-state index contributed by atoms with van der Waals surface area (Å²) in [5.74, 6) is 1.78. The first-order chi connectivity index (χ1) is 9.22. The smallest absolute Gasteiger partial charge is 0.254 e. The molecule has 0 spiro atoms. The molecule has 1 unspecified atom stereocenters. The van der Waals surface area contributed by atoms with Crippen molar-refractivity contribution in [3.63, 3.8) is 0 Å². The van der Waals surface area contributed by atoms with Crippen LogP contribution in [-0.2, 0) is 6.42 Å². The van der Waals surface area contributed by atoms with Crippen LogP contribution in [-0.4, -0.2) is 29.6 Å². The van der Waals surface area contributed by atoms with E-state index in [9.17, 15) is 4.79 Å². The first kappa shape index (κ1) is 14.4. The molecule has 1 aliphatic heterocycles. The minimum absolute atomic E-state index is 0.214. The Morgan fingerprint density at radius 2 is 2.11 bits per heavy atom. The van der Waals surface area contributed by atoms with Crippen molar-refractivity contribution in [3.8, 4) is 0 Å². The van der Waals surface area contributed by atoms with Crippen LogP contribution in [0, 0.1) is 5.92 Å². The van der Waals surface area contributed by atoms with E-state index in [0.29, 0.717) is 5.92 Å². The Morgan fingerprint density at radius 3 is 2.89 bits per heavy atom. The number of hydrogen-bond acceptors (Lipinski definition) is 2. The Labute approximate surface area is 121 Å². The van der Waals surface area contributed by atoms with Crippen molar-refractivity contribution in [1.82, 2.24) is 4.90 Å². The molecule has 0 N–H and O–H groups in total. The highest BCUT2D eigenvalue weighted by molar-refractivity contribution is 7.80. The highest BCUT2D eigenvalue weighted by atomic mass is 32.1. The van der Waals surface area contributed by atoms with Gasteiger partial charge in [-0.1, -0.05) is 25.1 Å². The zero-order valence-electron chi connectivity index (χ0n) is 11.6. The highest BCUT2D eigenvalue weighted by Gasteiger charge is 2.21. The van der Waals surface area contributed by atoms with E-state index in [1.807, 2.05) is 23.1 Å². The summed E-state index contributed by atoms with van der Waals surface area (Å²) in [4.78, 5) is 14.5. The lowest BCUT2D eigenvalue weighted by Crippen LogP contribution is -2.32. The molecule has 1 aliphatic rings. The van der Waals surface area contributed by atoms with Crippen LogP contribution in [0.25, 0.3) is 0 Å². The summed E-state index contributed by atoms with van der Waals surface area (Å²) in [6.07, 6.45) is 4.30. The van der Waals surface area contributed by atoms with Gasteiger partial charge in [0.15, 0.2) is 0 Å². The molecule has 19 heavy (non-hydrogen) atoms. The third-order valence-corrected chi connectivity index (χ3v) is 4.18. The summed E-state index contributed by atoms with van der Waals surface area (Å²) in [6.45, 7) is 4.01. The number of thiol groups is 1. The monoisotopic (exact) mass is 277 g/mol. The fourth-order valence-electron chi connectivity index (χ4n) is 2.63. The number of carbonyl (C=O) groups is 1. The Bertz CT molecular complexity index is 433. The van der Waals surface area contributed by atoms with E-state index in [1.54, 1.807) is 0 Å². The molecule has 1 aromatic rings. The van der Waals surface area contributed by atoms with Gasteiger partial charge in [-0.3, -0.25) is 4.79 Å². The van der Waals surface area contributed by atoms with Gasteiger partial charge in [0.25, 0.3) is 5.91 Å². The van der Waals surface area contributed by atoms with Crippen LogP contribution in [0.4, 0.5) is 0 Å². The quantitative estimate of drug-likeness (QED) is 0.818. The Kier molecular flexibility index (Phi) is 5.32. The minimum atomic E-state index is 0.214. The van der Waals surface area contributed by atoms with Crippen molar-refractivity contribution in [1.29, 1.82) is 0 Å². The number of rotatable bonds is 5. The zero-order valence-corrected chi connectivity index (χ0v) is 12.5. The average Bonchev–Trinajstić information content (AvgIpc) is 2.57. The van der Waals surface area contributed by atoms with Gasteiger partial charge in [-0.2, -0.15) is 12.6 Å². The maximum Gasteiger partial charge on any atom is 0.254 e. The van der Waals surface area contributed by atoms with Crippen LogP contribution in [0.5, 0.6) is 0 Å². The van der Waals surface area contributed by atoms with Crippen molar-refractivity contribution in [2.75, 3.05) is 18.8 Å². The Hall–Kier alpha value is -0.960. The maximum absolute atomic E-state index is 12.5. The molecular formula is C16H23NOS. The lowest BCUT2D eigenvalue weighted by molar-refractivity contribution is 0.0752. The van der Waals surface area contributed by atoms with E-state index in [2.05, 4.69) is 25.6 Å². The van der Waals surface area contributed by atoms with Crippen LogP contribution < -0.4 is 0 Å². The SMILES string of the molecule is CC(CCS)CCN1CCCc2ccccc2C1=O. The summed E-state index contributed by atoms with van der Waals surface area (Å²) in [5, 5.41) is 0. The first-order valence-electron chi connectivity index (χ1n) is 7.20. The number of hydrogen-bond donors (Lipinski definition) is 1. The van der Waals surface area contributed by atoms with Crippen molar-refractivity contribution < 1.29 is 4.79 Å². The zero-order chi connectivity index (χ0) is 13.7. The van der Waals surface area contributed by atoms with Gasteiger partial charge in [0.2, 0.25) is 0 Å². The molecule has 2 rings (SSSR count). The Balaban J connectivity index is 2.01. The second-order valence-corrected chi connectivity index (χ2v) is 5.91. The largest absolute Gasteiger partial charge is 0.339 e. The van der Waals surface area contributed by atoms with Gasteiger partial charge in [-0.25, -0.2) is 0 Å². The second-order valence-electron chi connectivity index (χ2n) is 5.46. The van der Waals surface area contributed by atoms with Crippen LogP contribution in [0.3, 0.4) is 0 Å². The fraction of sp³-hybridized carbons (Fsp3) is 0.562. The summed E-state index contributed by atoms with van der Waals surface area (Å²) < 4.78 is 0. The van der Waals surface area contributed by atoms with Crippen LogP contribution in [0.1, 0.15) is 42.1 Å². The van der Waals surface area contributed by atoms with Crippen LogP contribution in [0.15, 0.2) is 24.3 Å². The van der Waals surface area contributed by atoms with Gasteiger partial charge in [-0.15, -0.1) is 0 Å². The predicted octanol–water partition coefficient (Wildman–Crippen LogP) is 3.42. The molecule has 1 amide bonds.